The smallest absolute Gasteiger partial charge is 0.104 e. The number of hydrogen-bond acceptors (Lipinski definition) is 3. The zero-order valence-electron chi connectivity index (χ0n) is 12.4. The van der Waals surface area contributed by atoms with Crippen molar-refractivity contribution in [2.24, 2.45) is 0 Å². The fourth-order valence-electron chi connectivity index (χ4n) is 2.38. The fourth-order valence-corrected chi connectivity index (χ4v) is 2.38. The van der Waals surface area contributed by atoms with E-state index in [0.29, 0.717) is 6.04 Å². The number of aromatic nitrogens is 2. The van der Waals surface area contributed by atoms with Crippen LogP contribution in [-0.4, -0.2) is 28.7 Å². The Morgan fingerprint density at radius 3 is 2.84 bits per heavy atom. The van der Waals surface area contributed by atoms with Crippen molar-refractivity contribution in [3.8, 4) is 0 Å². The van der Waals surface area contributed by atoms with E-state index >= 15 is 0 Å². The number of H-pyrrole nitrogens is 1. The zero-order chi connectivity index (χ0) is 14.0. The number of fused-ring (bicyclic) bond motifs is 1. The lowest BCUT2D eigenvalue weighted by Gasteiger charge is -2.27. The molecule has 0 aliphatic rings. The van der Waals surface area contributed by atoms with E-state index in [0.717, 1.165) is 29.0 Å². The third kappa shape index (κ3) is 3.47. The highest BCUT2D eigenvalue weighted by molar-refractivity contribution is 5.79. The number of imidazole rings is 1. The topological polar surface area (TPSA) is 49.9 Å². The van der Waals surface area contributed by atoms with Crippen molar-refractivity contribution in [2.75, 3.05) is 12.4 Å². The van der Waals surface area contributed by atoms with Crippen LogP contribution in [0, 0.1) is 6.92 Å². The first-order valence-electron chi connectivity index (χ1n) is 6.68. The fraction of sp³-hybridized carbons (Fsp3) is 0.533. The maximum atomic E-state index is 5.46. The van der Waals surface area contributed by atoms with Crippen molar-refractivity contribution in [1.82, 2.24) is 9.97 Å². The number of rotatable bonds is 5. The van der Waals surface area contributed by atoms with Gasteiger partial charge in [0.25, 0.3) is 0 Å². The molecule has 19 heavy (non-hydrogen) atoms. The van der Waals surface area contributed by atoms with E-state index in [1.807, 2.05) is 13.0 Å². The summed E-state index contributed by atoms with van der Waals surface area (Å²) in [7, 11) is 1.76. The second-order valence-corrected chi connectivity index (χ2v) is 5.77. The van der Waals surface area contributed by atoms with Crippen molar-refractivity contribution >= 4 is 16.7 Å². The third-order valence-corrected chi connectivity index (χ3v) is 3.36. The number of nitrogens with zero attached hydrogens (tertiary/aromatic N) is 1. The van der Waals surface area contributed by atoms with Crippen LogP contribution in [0.25, 0.3) is 11.0 Å². The molecule has 0 spiro atoms. The van der Waals surface area contributed by atoms with Gasteiger partial charge in [-0.15, -0.1) is 0 Å². The molecule has 0 saturated heterocycles. The number of anilines is 1. The number of nitrogens with one attached hydrogen (secondary N) is 2. The Morgan fingerprint density at radius 2 is 2.16 bits per heavy atom. The van der Waals surface area contributed by atoms with E-state index in [9.17, 15) is 0 Å². The number of ether oxygens (including phenoxy) is 1. The molecule has 104 valence electrons. The van der Waals surface area contributed by atoms with Gasteiger partial charge in [0.15, 0.2) is 0 Å². The van der Waals surface area contributed by atoms with Gasteiger partial charge in [-0.2, -0.15) is 0 Å². The summed E-state index contributed by atoms with van der Waals surface area (Å²) in [6.07, 6.45) is 0.948. The SMILES string of the molecule is COC(C)(C)CC(C)Nc1ccc2nc(C)[nH]c2c1. The monoisotopic (exact) mass is 261 g/mol. The lowest BCUT2D eigenvalue weighted by atomic mass is 9.99. The first-order chi connectivity index (χ1) is 8.89. The van der Waals surface area contributed by atoms with Crippen LogP contribution < -0.4 is 5.32 Å². The molecule has 1 unspecified atom stereocenters. The number of hydrogen-bond donors (Lipinski definition) is 2. The quantitative estimate of drug-likeness (QED) is 0.866. The van der Waals surface area contributed by atoms with Crippen molar-refractivity contribution in [2.45, 2.75) is 45.8 Å². The number of benzene rings is 1. The average molecular weight is 261 g/mol. The van der Waals surface area contributed by atoms with Gasteiger partial charge in [-0.1, -0.05) is 0 Å². The maximum Gasteiger partial charge on any atom is 0.104 e. The van der Waals surface area contributed by atoms with Crippen molar-refractivity contribution < 1.29 is 4.74 Å². The van der Waals surface area contributed by atoms with Gasteiger partial charge in [-0.05, 0) is 52.3 Å². The first-order valence-corrected chi connectivity index (χ1v) is 6.68. The van der Waals surface area contributed by atoms with E-state index in [-0.39, 0.29) is 5.60 Å². The molecule has 0 saturated carbocycles. The predicted molar refractivity (Wildman–Crippen MR) is 79.6 cm³/mol. The maximum absolute atomic E-state index is 5.46. The molecule has 0 fully saturated rings. The summed E-state index contributed by atoms with van der Waals surface area (Å²) in [5.41, 5.74) is 3.07. The molecule has 2 rings (SSSR count). The normalized spacial score (nSPS) is 13.7. The van der Waals surface area contributed by atoms with E-state index in [2.05, 4.69) is 48.2 Å². The minimum absolute atomic E-state index is 0.110. The molecular weight excluding hydrogens is 238 g/mol. The Labute approximate surface area is 114 Å². The minimum Gasteiger partial charge on any atom is -0.382 e. The second kappa shape index (κ2) is 5.21. The van der Waals surface area contributed by atoms with Crippen LogP contribution in [0.3, 0.4) is 0 Å². The molecule has 0 amide bonds. The minimum atomic E-state index is -0.110. The van der Waals surface area contributed by atoms with Crippen LogP contribution >= 0.6 is 0 Å². The van der Waals surface area contributed by atoms with Crippen LogP contribution in [0.5, 0.6) is 0 Å². The highest BCUT2D eigenvalue weighted by atomic mass is 16.5. The molecule has 4 nitrogen and oxygen atoms in total. The number of methoxy groups -OCH3 is 1. The van der Waals surface area contributed by atoms with Gasteiger partial charge < -0.3 is 15.0 Å². The standard InChI is InChI=1S/C15H23N3O/c1-10(9-15(3,4)19-5)16-12-6-7-13-14(8-12)18-11(2)17-13/h6-8,10,16H,9H2,1-5H3,(H,17,18). The summed E-state index contributed by atoms with van der Waals surface area (Å²) in [5.74, 6) is 0.945. The molecule has 1 atom stereocenters. The van der Waals surface area contributed by atoms with Crippen LogP contribution in [0.4, 0.5) is 5.69 Å². The molecular formula is C15H23N3O. The molecule has 4 heteroatoms. The molecule has 0 aliphatic carbocycles. The summed E-state index contributed by atoms with van der Waals surface area (Å²) < 4.78 is 5.46. The van der Waals surface area contributed by atoms with E-state index in [4.69, 9.17) is 4.74 Å². The Bertz CT molecular complexity index is 560. The van der Waals surface area contributed by atoms with E-state index in [1.165, 1.54) is 0 Å². The van der Waals surface area contributed by atoms with E-state index in [1.54, 1.807) is 7.11 Å². The van der Waals surface area contributed by atoms with Crippen molar-refractivity contribution in [1.29, 1.82) is 0 Å². The van der Waals surface area contributed by atoms with E-state index < -0.39 is 0 Å². The van der Waals surface area contributed by atoms with Crippen LogP contribution in [-0.2, 0) is 4.74 Å². The van der Waals surface area contributed by atoms with Crippen molar-refractivity contribution in [3.05, 3.63) is 24.0 Å². The van der Waals surface area contributed by atoms with Gasteiger partial charge in [0.05, 0.1) is 16.6 Å². The summed E-state index contributed by atoms with van der Waals surface area (Å²) >= 11 is 0. The van der Waals surface area contributed by atoms with Gasteiger partial charge in [0.2, 0.25) is 0 Å². The summed E-state index contributed by atoms with van der Waals surface area (Å²) in [6.45, 7) is 8.35. The summed E-state index contributed by atoms with van der Waals surface area (Å²) in [6, 6.07) is 6.55. The molecule has 1 aromatic heterocycles. The molecule has 2 N–H and O–H groups in total. The van der Waals surface area contributed by atoms with Crippen molar-refractivity contribution in [3.63, 3.8) is 0 Å². The number of aryl methyl sites for hydroxylation is 1. The molecule has 0 aliphatic heterocycles. The molecule has 0 bridgehead atoms. The van der Waals surface area contributed by atoms with Gasteiger partial charge in [-0.3, -0.25) is 0 Å². The molecule has 2 aromatic rings. The summed E-state index contributed by atoms with van der Waals surface area (Å²) in [5, 5.41) is 3.51. The Balaban J connectivity index is 2.08. The zero-order valence-corrected chi connectivity index (χ0v) is 12.4. The predicted octanol–water partition coefficient (Wildman–Crippen LogP) is 3.49. The molecule has 1 aromatic carbocycles. The largest absolute Gasteiger partial charge is 0.382 e. The van der Waals surface area contributed by atoms with Crippen LogP contribution in [0.2, 0.25) is 0 Å². The molecule has 0 radical (unpaired) electrons. The average Bonchev–Trinajstić information content (AvgIpc) is 2.67. The Hall–Kier alpha value is -1.55. The van der Waals surface area contributed by atoms with Gasteiger partial charge in [0, 0.05) is 18.8 Å². The van der Waals surface area contributed by atoms with Crippen LogP contribution in [0.15, 0.2) is 18.2 Å². The Morgan fingerprint density at radius 1 is 1.42 bits per heavy atom. The summed E-state index contributed by atoms with van der Waals surface area (Å²) in [4.78, 5) is 7.66. The molecule has 1 heterocycles. The van der Waals surface area contributed by atoms with Crippen LogP contribution in [0.1, 0.15) is 33.0 Å². The highest BCUT2D eigenvalue weighted by Gasteiger charge is 2.20. The highest BCUT2D eigenvalue weighted by Crippen LogP contribution is 2.21. The number of aromatic amines is 1. The van der Waals surface area contributed by atoms with Gasteiger partial charge in [0.1, 0.15) is 5.82 Å². The second-order valence-electron chi connectivity index (χ2n) is 5.77. The van der Waals surface area contributed by atoms with Gasteiger partial charge in [-0.25, -0.2) is 4.98 Å². The third-order valence-electron chi connectivity index (χ3n) is 3.36. The first kappa shape index (κ1) is 13.9. The van der Waals surface area contributed by atoms with Gasteiger partial charge >= 0.3 is 0 Å². The lowest BCUT2D eigenvalue weighted by Crippen LogP contribution is -2.31. The Kier molecular flexibility index (Phi) is 3.80. The lowest BCUT2D eigenvalue weighted by molar-refractivity contribution is 0.0128.